The van der Waals surface area contributed by atoms with Crippen molar-refractivity contribution in [2.45, 2.75) is 24.8 Å². The Morgan fingerprint density at radius 1 is 1.06 bits per heavy atom. The fraction of sp³-hybridized carbons (Fsp3) is 0.250. The molecule has 4 aromatic rings. The molecule has 0 atom stereocenters. The van der Waals surface area contributed by atoms with Crippen molar-refractivity contribution < 1.29 is 23.4 Å². The lowest BCUT2D eigenvalue weighted by Crippen LogP contribution is -2.12. The average Bonchev–Trinajstić information content (AvgIpc) is 3.31. The molecule has 33 heavy (non-hydrogen) atoms. The normalized spacial score (nSPS) is 10.9. The number of carbonyl (C=O) groups is 1. The molecule has 8 nitrogen and oxygen atoms in total. The summed E-state index contributed by atoms with van der Waals surface area (Å²) in [7, 11) is 3.15. The Hall–Kier alpha value is -3.59. The van der Waals surface area contributed by atoms with Gasteiger partial charge in [-0.05, 0) is 37.6 Å². The number of ether oxygens (including phenoxy) is 3. The topological polar surface area (TPSA) is 96.6 Å². The third-order valence-corrected chi connectivity index (χ3v) is 5.87. The number of carbonyl (C=O) groups excluding carboxylic acids is 1. The van der Waals surface area contributed by atoms with Crippen LogP contribution in [0, 0.1) is 6.92 Å². The van der Waals surface area contributed by atoms with Crippen LogP contribution in [0.1, 0.15) is 28.5 Å². The fourth-order valence-corrected chi connectivity index (χ4v) is 4.17. The van der Waals surface area contributed by atoms with E-state index >= 15 is 0 Å². The number of fused-ring (bicyclic) bond motifs is 1. The highest BCUT2D eigenvalue weighted by Crippen LogP contribution is 2.32. The zero-order chi connectivity index (χ0) is 23.4. The number of aromatic nitrogens is 3. The Morgan fingerprint density at radius 3 is 2.48 bits per heavy atom. The first-order valence-corrected chi connectivity index (χ1v) is 11.3. The fourth-order valence-electron chi connectivity index (χ4n) is 3.47. The van der Waals surface area contributed by atoms with Gasteiger partial charge in [-0.2, -0.15) is 0 Å². The van der Waals surface area contributed by atoms with Crippen LogP contribution >= 0.6 is 11.8 Å². The van der Waals surface area contributed by atoms with Crippen molar-refractivity contribution in [1.82, 2.24) is 15.2 Å². The number of para-hydroxylation sites is 1. The first kappa shape index (κ1) is 22.6. The maximum atomic E-state index is 12.7. The van der Waals surface area contributed by atoms with Crippen LogP contribution < -0.4 is 9.47 Å². The molecule has 4 rings (SSSR count). The molecule has 2 aromatic carbocycles. The summed E-state index contributed by atoms with van der Waals surface area (Å²) < 4.78 is 21.7. The maximum absolute atomic E-state index is 12.7. The second-order valence-corrected chi connectivity index (χ2v) is 7.99. The Bertz CT molecular complexity index is 1280. The number of thioether (sulfide) groups is 1. The molecule has 0 fully saturated rings. The van der Waals surface area contributed by atoms with E-state index < -0.39 is 5.97 Å². The van der Waals surface area contributed by atoms with E-state index in [1.807, 2.05) is 31.2 Å². The van der Waals surface area contributed by atoms with E-state index in [0.29, 0.717) is 45.2 Å². The number of benzene rings is 2. The average molecular weight is 466 g/mol. The number of methoxy groups -OCH3 is 2. The van der Waals surface area contributed by atoms with Gasteiger partial charge in [-0.25, -0.2) is 4.79 Å². The Labute approximate surface area is 195 Å². The van der Waals surface area contributed by atoms with Gasteiger partial charge in [-0.3, -0.25) is 4.98 Å². The second-order valence-electron chi connectivity index (χ2n) is 7.06. The molecule has 2 aromatic heterocycles. The number of esters is 1. The van der Waals surface area contributed by atoms with Gasteiger partial charge in [0, 0.05) is 22.8 Å². The molecule has 0 aliphatic carbocycles. The number of aryl methyl sites for hydroxylation is 1. The first-order valence-electron chi connectivity index (χ1n) is 10.3. The Kier molecular flexibility index (Phi) is 6.79. The maximum Gasteiger partial charge on any atom is 0.340 e. The van der Waals surface area contributed by atoms with Crippen LogP contribution in [0.5, 0.6) is 11.5 Å². The molecule has 2 heterocycles. The van der Waals surface area contributed by atoms with Crippen LogP contribution in [0.25, 0.3) is 22.4 Å². The van der Waals surface area contributed by atoms with E-state index in [1.165, 1.54) is 11.8 Å². The van der Waals surface area contributed by atoms with Crippen molar-refractivity contribution in [2.75, 3.05) is 20.8 Å². The predicted molar refractivity (Wildman–Crippen MR) is 125 cm³/mol. The van der Waals surface area contributed by atoms with Gasteiger partial charge in [0.05, 0.1) is 37.6 Å². The minimum Gasteiger partial charge on any atom is -0.497 e. The SMILES string of the molecule is CCOC(=O)c1c(CSc2nnc(-c3cc(OC)cc(OC)c3)o2)nc2ccccc2c1C. The molecule has 0 unspecified atom stereocenters. The summed E-state index contributed by atoms with van der Waals surface area (Å²) >= 11 is 1.30. The van der Waals surface area contributed by atoms with Crippen LogP contribution in [-0.2, 0) is 10.5 Å². The van der Waals surface area contributed by atoms with Crippen LogP contribution in [0.3, 0.4) is 0 Å². The number of hydrogen-bond acceptors (Lipinski definition) is 9. The van der Waals surface area contributed by atoms with E-state index in [-0.39, 0.29) is 6.61 Å². The van der Waals surface area contributed by atoms with Crippen molar-refractivity contribution in [3.8, 4) is 23.0 Å². The number of nitrogens with zero attached hydrogens (tertiary/aromatic N) is 3. The second kappa shape index (κ2) is 9.91. The smallest absolute Gasteiger partial charge is 0.340 e. The van der Waals surface area contributed by atoms with Crippen molar-refractivity contribution in [3.05, 3.63) is 59.3 Å². The van der Waals surface area contributed by atoms with Crippen LogP contribution in [0.4, 0.5) is 0 Å². The summed E-state index contributed by atoms with van der Waals surface area (Å²) in [4.78, 5) is 17.4. The highest BCUT2D eigenvalue weighted by atomic mass is 32.2. The van der Waals surface area contributed by atoms with Gasteiger partial charge in [0.1, 0.15) is 11.5 Å². The van der Waals surface area contributed by atoms with Gasteiger partial charge in [0.25, 0.3) is 5.22 Å². The minimum absolute atomic E-state index is 0.286. The van der Waals surface area contributed by atoms with Gasteiger partial charge < -0.3 is 18.6 Å². The highest BCUT2D eigenvalue weighted by Gasteiger charge is 2.21. The lowest BCUT2D eigenvalue weighted by molar-refractivity contribution is 0.0524. The largest absolute Gasteiger partial charge is 0.497 e. The van der Waals surface area contributed by atoms with Crippen molar-refractivity contribution in [3.63, 3.8) is 0 Å². The standard InChI is InChI=1S/C24H23N3O5S/c1-5-31-23(28)21-14(2)18-8-6-7-9-19(18)25-20(21)13-33-24-27-26-22(32-24)15-10-16(29-3)12-17(11-15)30-4/h6-12H,5,13H2,1-4H3. The molecule has 0 spiro atoms. The number of rotatable bonds is 8. The molecule has 0 N–H and O–H groups in total. The Morgan fingerprint density at radius 2 is 1.79 bits per heavy atom. The zero-order valence-corrected chi connectivity index (χ0v) is 19.6. The third-order valence-electron chi connectivity index (χ3n) is 5.04. The zero-order valence-electron chi connectivity index (χ0n) is 18.7. The lowest BCUT2D eigenvalue weighted by atomic mass is 10.0. The molecular weight excluding hydrogens is 442 g/mol. The van der Waals surface area contributed by atoms with Crippen LogP contribution in [-0.4, -0.2) is 42.0 Å². The molecule has 0 aliphatic heterocycles. The van der Waals surface area contributed by atoms with Crippen LogP contribution in [0.2, 0.25) is 0 Å². The summed E-state index contributed by atoms with van der Waals surface area (Å²) in [5.74, 6) is 1.54. The molecule has 0 saturated carbocycles. The summed E-state index contributed by atoms with van der Waals surface area (Å²) in [6, 6.07) is 13.1. The van der Waals surface area contributed by atoms with Gasteiger partial charge in [0.15, 0.2) is 0 Å². The molecule has 0 saturated heterocycles. The van der Waals surface area contributed by atoms with E-state index in [4.69, 9.17) is 23.6 Å². The number of hydrogen-bond donors (Lipinski definition) is 0. The highest BCUT2D eigenvalue weighted by molar-refractivity contribution is 7.98. The first-order chi connectivity index (χ1) is 16.0. The lowest BCUT2D eigenvalue weighted by Gasteiger charge is -2.13. The molecule has 0 bridgehead atoms. The Balaban J connectivity index is 1.63. The van der Waals surface area contributed by atoms with Gasteiger partial charge in [-0.1, -0.05) is 30.0 Å². The third kappa shape index (κ3) is 4.78. The molecule has 0 amide bonds. The van der Waals surface area contributed by atoms with Crippen LogP contribution in [0.15, 0.2) is 52.1 Å². The van der Waals surface area contributed by atoms with Crippen molar-refractivity contribution in [2.24, 2.45) is 0 Å². The molecule has 0 aliphatic rings. The van der Waals surface area contributed by atoms with E-state index in [1.54, 1.807) is 39.3 Å². The van der Waals surface area contributed by atoms with E-state index in [0.717, 1.165) is 16.5 Å². The van der Waals surface area contributed by atoms with E-state index in [9.17, 15) is 4.79 Å². The molecule has 170 valence electrons. The minimum atomic E-state index is -0.390. The number of pyridine rings is 1. The molecule has 9 heteroatoms. The monoisotopic (exact) mass is 465 g/mol. The summed E-state index contributed by atoms with van der Waals surface area (Å²) in [5, 5.41) is 9.55. The predicted octanol–water partition coefficient (Wildman–Crippen LogP) is 5.08. The quantitative estimate of drug-likeness (QED) is 0.261. The van der Waals surface area contributed by atoms with Crippen molar-refractivity contribution >= 4 is 28.6 Å². The summed E-state index contributed by atoms with van der Waals surface area (Å²) in [5.41, 5.74) is 3.41. The van der Waals surface area contributed by atoms with E-state index in [2.05, 4.69) is 10.2 Å². The molecular formula is C24H23N3O5S. The summed E-state index contributed by atoms with van der Waals surface area (Å²) in [6.45, 7) is 3.98. The van der Waals surface area contributed by atoms with Gasteiger partial charge in [-0.15, -0.1) is 10.2 Å². The van der Waals surface area contributed by atoms with Gasteiger partial charge >= 0.3 is 5.97 Å². The van der Waals surface area contributed by atoms with Gasteiger partial charge in [0.2, 0.25) is 5.89 Å². The molecule has 0 radical (unpaired) electrons. The summed E-state index contributed by atoms with van der Waals surface area (Å²) in [6.07, 6.45) is 0. The van der Waals surface area contributed by atoms with Crippen molar-refractivity contribution in [1.29, 1.82) is 0 Å².